The van der Waals surface area contributed by atoms with Crippen molar-refractivity contribution < 1.29 is 37.2 Å². The molecule has 0 spiro atoms. The minimum Gasteiger partial charge on any atom is -0.542 e. The molecule has 1 aliphatic heterocycles. The molecule has 0 bridgehead atoms. The van der Waals surface area contributed by atoms with Gasteiger partial charge in [0.1, 0.15) is 17.7 Å². The van der Waals surface area contributed by atoms with Crippen LogP contribution in [0.25, 0.3) is 22.0 Å². The first-order valence-electron chi connectivity index (χ1n) is 8.18. The Bertz CT molecular complexity index is 1210. The molecular formula is C18H12BrF3N4O4. The van der Waals surface area contributed by atoms with Crippen molar-refractivity contribution in [2.24, 2.45) is 7.05 Å². The van der Waals surface area contributed by atoms with Crippen LogP contribution in [0.2, 0.25) is 0 Å². The van der Waals surface area contributed by atoms with Gasteiger partial charge < -0.3 is 14.9 Å². The Morgan fingerprint density at radius 1 is 1.13 bits per heavy atom. The molecule has 0 unspecified atom stereocenters. The van der Waals surface area contributed by atoms with Crippen molar-refractivity contribution in [3.63, 3.8) is 0 Å². The molecule has 0 saturated heterocycles. The second-order valence-corrected chi connectivity index (χ2v) is 7.06. The number of alkyl halides is 3. The first kappa shape index (κ1) is 21.3. The number of carboxylic acids is 1. The second-order valence-electron chi connectivity index (χ2n) is 6.15. The molecular weight excluding hydrogens is 473 g/mol. The Balaban J connectivity index is 0.000000318. The largest absolute Gasteiger partial charge is 0.542 e. The number of fused-ring (bicyclic) bond motifs is 1. The molecule has 3 heterocycles. The number of aromatic nitrogens is 3. The van der Waals surface area contributed by atoms with Crippen LogP contribution >= 0.6 is 15.9 Å². The average molecular weight is 485 g/mol. The predicted octanol–water partition coefficient (Wildman–Crippen LogP) is 0.949. The summed E-state index contributed by atoms with van der Waals surface area (Å²) in [5.74, 6) is -3.77. The van der Waals surface area contributed by atoms with E-state index in [9.17, 15) is 22.8 Å². The van der Waals surface area contributed by atoms with E-state index in [-0.39, 0.29) is 11.8 Å². The number of benzene rings is 1. The van der Waals surface area contributed by atoms with Gasteiger partial charge in [0.25, 0.3) is 11.8 Å². The molecule has 0 aliphatic carbocycles. The summed E-state index contributed by atoms with van der Waals surface area (Å²) < 4.78 is 34.3. The summed E-state index contributed by atoms with van der Waals surface area (Å²) in [7, 11) is 1.82. The highest BCUT2D eigenvalue weighted by Gasteiger charge is 2.36. The van der Waals surface area contributed by atoms with Crippen molar-refractivity contribution >= 4 is 55.8 Å². The lowest BCUT2D eigenvalue weighted by Gasteiger charge is -2.03. The van der Waals surface area contributed by atoms with Crippen LogP contribution in [0.4, 0.5) is 13.2 Å². The molecule has 12 heteroatoms. The number of halogens is 4. The molecule has 0 radical (unpaired) electrons. The number of nitrogens with zero attached hydrogens (tertiary/aromatic N) is 1. The number of carboxylic acid groups (broad SMARTS) is 1. The smallest absolute Gasteiger partial charge is 0.430 e. The van der Waals surface area contributed by atoms with Gasteiger partial charge in [-0.1, -0.05) is 22.0 Å². The zero-order chi connectivity index (χ0) is 22.2. The normalized spacial score (nSPS) is 14.0. The third kappa shape index (κ3) is 3.99. The summed E-state index contributed by atoms with van der Waals surface area (Å²) in [6.07, 6.45) is -0.00140. The number of carbonyl (C=O) groups excluding carboxylic acids is 3. The molecule has 0 saturated carbocycles. The highest BCUT2D eigenvalue weighted by molar-refractivity contribution is 9.10. The summed E-state index contributed by atoms with van der Waals surface area (Å²) in [6, 6.07) is 5.76. The molecule has 0 fully saturated rings. The van der Waals surface area contributed by atoms with Gasteiger partial charge in [0.2, 0.25) is 6.33 Å². The van der Waals surface area contributed by atoms with Gasteiger partial charge in [0, 0.05) is 27.1 Å². The van der Waals surface area contributed by atoms with E-state index in [1.165, 1.54) is 0 Å². The van der Waals surface area contributed by atoms with Crippen molar-refractivity contribution in [1.29, 1.82) is 0 Å². The van der Waals surface area contributed by atoms with E-state index in [0.29, 0.717) is 22.4 Å². The van der Waals surface area contributed by atoms with Gasteiger partial charge in [-0.15, -0.1) is 0 Å². The summed E-state index contributed by atoms with van der Waals surface area (Å²) in [4.78, 5) is 39.6. The van der Waals surface area contributed by atoms with Gasteiger partial charge in [0.05, 0.1) is 12.6 Å². The number of aromatic amines is 2. The van der Waals surface area contributed by atoms with Crippen molar-refractivity contribution in [2.45, 2.75) is 6.18 Å². The molecule has 8 nitrogen and oxygen atoms in total. The van der Waals surface area contributed by atoms with E-state index in [4.69, 9.17) is 9.90 Å². The monoisotopic (exact) mass is 484 g/mol. The fourth-order valence-corrected chi connectivity index (χ4v) is 3.27. The average Bonchev–Trinajstić information content (AvgIpc) is 3.31. The molecule has 1 aliphatic rings. The molecule has 4 rings (SSSR count). The number of amides is 2. The molecule has 2 aromatic heterocycles. The van der Waals surface area contributed by atoms with Crippen LogP contribution in [0.15, 0.2) is 41.4 Å². The van der Waals surface area contributed by atoms with Gasteiger partial charge in [0.15, 0.2) is 5.69 Å². The van der Waals surface area contributed by atoms with Crippen LogP contribution in [-0.4, -0.2) is 33.9 Å². The topological polar surface area (TPSA) is 122 Å². The summed E-state index contributed by atoms with van der Waals surface area (Å²) in [5, 5.41) is 12.1. The van der Waals surface area contributed by atoms with Crippen molar-refractivity contribution in [3.8, 4) is 0 Å². The molecule has 3 aromatic rings. The van der Waals surface area contributed by atoms with Crippen molar-refractivity contribution in [3.05, 3.63) is 52.7 Å². The van der Waals surface area contributed by atoms with Gasteiger partial charge in [-0.05, 0) is 12.1 Å². The van der Waals surface area contributed by atoms with Gasteiger partial charge in [-0.2, -0.15) is 13.2 Å². The van der Waals surface area contributed by atoms with Gasteiger partial charge in [-0.25, -0.2) is 9.55 Å². The minimum atomic E-state index is -5.19. The highest BCUT2D eigenvalue weighted by Crippen LogP contribution is 2.34. The summed E-state index contributed by atoms with van der Waals surface area (Å²) >= 11 is 3.43. The third-order valence-corrected chi connectivity index (χ3v) is 4.69. The fraction of sp³-hybridized carbons (Fsp3) is 0.111. The number of hydrogen-bond acceptors (Lipinski definition) is 4. The van der Waals surface area contributed by atoms with E-state index in [2.05, 4.69) is 31.2 Å². The maximum atomic E-state index is 12.4. The van der Waals surface area contributed by atoms with Gasteiger partial charge >= 0.3 is 6.18 Å². The first-order valence-corrected chi connectivity index (χ1v) is 8.98. The Hall–Kier alpha value is -3.41. The van der Waals surface area contributed by atoms with Crippen LogP contribution in [-0.2, 0) is 21.4 Å². The van der Waals surface area contributed by atoms with E-state index in [1.807, 2.05) is 25.2 Å². The number of imidazole rings is 1. The third-order valence-electron chi connectivity index (χ3n) is 4.20. The zero-order valence-corrected chi connectivity index (χ0v) is 16.6. The Morgan fingerprint density at radius 3 is 2.33 bits per heavy atom. The Labute approximate surface area is 174 Å². The minimum absolute atomic E-state index is 0.377. The van der Waals surface area contributed by atoms with Crippen LogP contribution < -0.4 is 15.0 Å². The Morgan fingerprint density at radius 2 is 1.77 bits per heavy atom. The number of imide groups is 1. The highest BCUT2D eigenvalue weighted by atomic mass is 79.9. The van der Waals surface area contributed by atoms with Crippen LogP contribution in [0, 0.1) is 0 Å². The van der Waals surface area contributed by atoms with Crippen LogP contribution in [0.3, 0.4) is 0 Å². The maximum Gasteiger partial charge on any atom is 0.430 e. The molecule has 0 atom stereocenters. The maximum absolute atomic E-state index is 12.4. The van der Waals surface area contributed by atoms with E-state index in [0.717, 1.165) is 15.4 Å². The Kier molecular flexibility index (Phi) is 5.53. The number of nitrogens with one attached hydrogen (secondary N) is 3. The summed E-state index contributed by atoms with van der Waals surface area (Å²) in [5.41, 5.74) is 3.04. The fourth-order valence-electron chi connectivity index (χ4n) is 2.91. The lowest BCUT2D eigenvalue weighted by Crippen LogP contribution is -2.37. The van der Waals surface area contributed by atoms with E-state index in [1.54, 1.807) is 23.3 Å². The molecule has 2 amide bonds. The number of aryl methyl sites for hydroxylation is 1. The predicted molar refractivity (Wildman–Crippen MR) is 99.0 cm³/mol. The number of hydrogen-bond donors (Lipinski definition) is 3. The molecule has 1 aromatic carbocycles. The van der Waals surface area contributed by atoms with Crippen molar-refractivity contribution in [1.82, 2.24) is 15.3 Å². The van der Waals surface area contributed by atoms with E-state index < -0.39 is 12.1 Å². The molecule has 3 N–H and O–H groups in total. The van der Waals surface area contributed by atoms with E-state index >= 15 is 0 Å². The first-order chi connectivity index (χ1) is 14.0. The number of H-pyrrole nitrogens is 2. The summed E-state index contributed by atoms with van der Waals surface area (Å²) in [6.45, 7) is 0. The molecule has 156 valence electrons. The molecule has 30 heavy (non-hydrogen) atoms. The lowest BCUT2D eigenvalue weighted by atomic mass is 9.99. The second kappa shape index (κ2) is 7.78. The standard InChI is InChI=1S/C16H11BrN4O2.C2HF3O2/c1-21-7-18-6-12(21)14-13(15(22)20-16(14)23)10-5-19-11-4-8(17)2-3-9(10)11;3-2(4,5)1(6)7/h2-7H,1H3,(H2,19,20,22,23);(H,6,7). The van der Waals surface area contributed by atoms with Crippen LogP contribution in [0.1, 0.15) is 11.3 Å². The lowest BCUT2D eigenvalue weighted by molar-refractivity contribution is -0.672. The quantitative estimate of drug-likeness (QED) is 0.370. The van der Waals surface area contributed by atoms with Crippen LogP contribution in [0.5, 0.6) is 0 Å². The number of aliphatic carboxylic acids is 1. The number of rotatable bonds is 2. The number of carbonyl (C=O) groups is 3. The van der Waals surface area contributed by atoms with Gasteiger partial charge in [-0.3, -0.25) is 14.9 Å². The SMILES string of the molecule is C[n+]1c[nH]cc1C1=C(c2c[nH]c3cc(Br)ccc23)C(=O)NC1=O.O=C([O-])C(F)(F)F. The zero-order valence-electron chi connectivity index (χ0n) is 15.1. The van der Waals surface area contributed by atoms with Crippen molar-refractivity contribution in [2.75, 3.05) is 0 Å².